The fourth-order valence-corrected chi connectivity index (χ4v) is 1.91. The number of hydrogen-bond donors (Lipinski definition) is 1. The fraction of sp³-hybridized carbons (Fsp3) is 0.0667. The van der Waals surface area contributed by atoms with Crippen molar-refractivity contribution in [2.75, 3.05) is 0 Å². The number of hydrogen-bond acceptors (Lipinski definition) is 5. The number of rotatable bonds is 4. The molecule has 0 aliphatic rings. The Hall–Kier alpha value is -3.02. The number of carboxylic acids is 1. The van der Waals surface area contributed by atoms with Gasteiger partial charge in [0.1, 0.15) is 0 Å². The first kappa shape index (κ1) is 13.0. The first-order valence-corrected chi connectivity index (χ1v) is 6.27. The molecule has 0 fully saturated rings. The summed E-state index contributed by atoms with van der Waals surface area (Å²) in [4.78, 5) is 19.2. The fourth-order valence-electron chi connectivity index (χ4n) is 1.91. The lowest BCUT2D eigenvalue weighted by molar-refractivity contribution is 0.0697. The van der Waals surface area contributed by atoms with E-state index in [1.807, 2.05) is 12.1 Å². The van der Waals surface area contributed by atoms with Crippen LogP contribution < -0.4 is 0 Å². The minimum atomic E-state index is -0.992. The molecule has 0 unspecified atom stereocenters. The minimum Gasteiger partial charge on any atom is -0.478 e. The van der Waals surface area contributed by atoms with Gasteiger partial charge < -0.3 is 9.63 Å². The van der Waals surface area contributed by atoms with Crippen molar-refractivity contribution in [2.45, 2.75) is 6.42 Å². The third-order valence-electron chi connectivity index (χ3n) is 2.94. The van der Waals surface area contributed by atoms with Gasteiger partial charge in [-0.15, -0.1) is 0 Å². The van der Waals surface area contributed by atoms with Gasteiger partial charge in [-0.1, -0.05) is 11.2 Å². The van der Waals surface area contributed by atoms with Crippen molar-refractivity contribution in [3.05, 3.63) is 65.7 Å². The highest BCUT2D eigenvalue weighted by Crippen LogP contribution is 2.19. The van der Waals surface area contributed by atoms with E-state index in [0.717, 1.165) is 5.56 Å². The van der Waals surface area contributed by atoms with Crippen molar-refractivity contribution in [3.8, 4) is 11.5 Å². The molecule has 0 aliphatic carbocycles. The van der Waals surface area contributed by atoms with Crippen LogP contribution in [0.5, 0.6) is 0 Å². The van der Waals surface area contributed by atoms with Crippen LogP contribution in [0.2, 0.25) is 0 Å². The van der Waals surface area contributed by atoms with Crippen molar-refractivity contribution < 1.29 is 14.4 Å². The van der Waals surface area contributed by atoms with Gasteiger partial charge in [0.15, 0.2) is 5.82 Å². The Morgan fingerprint density at radius 3 is 2.76 bits per heavy atom. The zero-order chi connectivity index (χ0) is 14.7. The molecule has 3 aromatic rings. The molecule has 0 saturated carbocycles. The monoisotopic (exact) mass is 281 g/mol. The molecule has 3 rings (SSSR count). The SMILES string of the molecule is O=C(O)c1cccc(-c2nc(Cc3ccncc3)no2)c1. The second-order valence-electron chi connectivity index (χ2n) is 4.43. The largest absolute Gasteiger partial charge is 0.478 e. The number of benzene rings is 1. The van der Waals surface area contributed by atoms with E-state index >= 15 is 0 Å². The van der Waals surface area contributed by atoms with Crippen molar-refractivity contribution in [1.82, 2.24) is 15.1 Å². The van der Waals surface area contributed by atoms with Gasteiger partial charge >= 0.3 is 5.97 Å². The molecule has 104 valence electrons. The quantitative estimate of drug-likeness (QED) is 0.790. The molecule has 0 amide bonds. The van der Waals surface area contributed by atoms with Gasteiger partial charge in [0.2, 0.25) is 0 Å². The topological polar surface area (TPSA) is 89.1 Å². The number of carbonyl (C=O) groups is 1. The van der Waals surface area contributed by atoms with Crippen molar-refractivity contribution >= 4 is 5.97 Å². The highest BCUT2D eigenvalue weighted by Gasteiger charge is 2.11. The van der Waals surface area contributed by atoms with Crippen LogP contribution in [-0.4, -0.2) is 26.2 Å². The van der Waals surface area contributed by atoms with Crippen LogP contribution >= 0.6 is 0 Å². The molecule has 0 saturated heterocycles. The number of pyridine rings is 1. The smallest absolute Gasteiger partial charge is 0.335 e. The highest BCUT2D eigenvalue weighted by atomic mass is 16.5. The molecular formula is C15H11N3O3. The number of nitrogens with zero attached hydrogens (tertiary/aromatic N) is 3. The Balaban J connectivity index is 1.85. The number of aromatic nitrogens is 3. The lowest BCUT2D eigenvalue weighted by Gasteiger charge is -1.96. The van der Waals surface area contributed by atoms with Crippen LogP contribution in [0.25, 0.3) is 11.5 Å². The molecule has 2 heterocycles. The Kier molecular flexibility index (Phi) is 3.42. The predicted octanol–water partition coefficient (Wildman–Crippen LogP) is 2.42. The van der Waals surface area contributed by atoms with Crippen LogP contribution in [0, 0.1) is 0 Å². The summed E-state index contributed by atoms with van der Waals surface area (Å²) >= 11 is 0. The van der Waals surface area contributed by atoms with E-state index < -0.39 is 5.97 Å². The van der Waals surface area contributed by atoms with Crippen LogP contribution in [-0.2, 0) is 6.42 Å². The van der Waals surface area contributed by atoms with E-state index in [9.17, 15) is 4.79 Å². The Morgan fingerprint density at radius 1 is 1.19 bits per heavy atom. The van der Waals surface area contributed by atoms with Gasteiger partial charge in [0.25, 0.3) is 5.89 Å². The van der Waals surface area contributed by atoms with Gasteiger partial charge in [0.05, 0.1) is 5.56 Å². The van der Waals surface area contributed by atoms with Gasteiger partial charge in [-0.3, -0.25) is 4.98 Å². The molecule has 6 heteroatoms. The summed E-state index contributed by atoms with van der Waals surface area (Å²) in [6.07, 6.45) is 3.93. The maximum absolute atomic E-state index is 11.0. The molecule has 2 aromatic heterocycles. The summed E-state index contributed by atoms with van der Waals surface area (Å²) in [5.41, 5.74) is 1.79. The average Bonchev–Trinajstić information content (AvgIpc) is 2.97. The molecule has 0 radical (unpaired) electrons. The lowest BCUT2D eigenvalue weighted by atomic mass is 10.1. The standard InChI is InChI=1S/C15H11N3O3/c19-15(20)12-3-1-2-11(9-12)14-17-13(18-21-14)8-10-4-6-16-7-5-10/h1-7,9H,8H2,(H,19,20). The molecule has 6 nitrogen and oxygen atoms in total. The number of carboxylic acid groups (broad SMARTS) is 1. The third kappa shape index (κ3) is 2.94. The van der Waals surface area contributed by atoms with E-state index in [4.69, 9.17) is 9.63 Å². The van der Waals surface area contributed by atoms with Gasteiger partial charge in [-0.25, -0.2) is 4.79 Å². The first-order chi connectivity index (χ1) is 10.2. The van der Waals surface area contributed by atoms with Gasteiger partial charge in [-0.05, 0) is 35.9 Å². The van der Waals surface area contributed by atoms with E-state index in [-0.39, 0.29) is 5.56 Å². The molecule has 0 aliphatic heterocycles. The summed E-state index contributed by atoms with van der Waals surface area (Å²) in [5, 5.41) is 12.9. The third-order valence-corrected chi connectivity index (χ3v) is 2.94. The summed E-state index contributed by atoms with van der Waals surface area (Å²) in [6, 6.07) is 10.1. The minimum absolute atomic E-state index is 0.182. The van der Waals surface area contributed by atoms with Gasteiger partial charge in [0, 0.05) is 24.4 Å². The summed E-state index contributed by atoms with van der Waals surface area (Å²) in [6.45, 7) is 0. The van der Waals surface area contributed by atoms with Gasteiger partial charge in [-0.2, -0.15) is 4.98 Å². The second-order valence-corrected chi connectivity index (χ2v) is 4.43. The Bertz CT molecular complexity index is 769. The van der Waals surface area contributed by atoms with Crippen molar-refractivity contribution in [3.63, 3.8) is 0 Å². The zero-order valence-corrected chi connectivity index (χ0v) is 10.9. The first-order valence-electron chi connectivity index (χ1n) is 6.27. The lowest BCUT2D eigenvalue weighted by Crippen LogP contribution is -1.95. The highest BCUT2D eigenvalue weighted by molar-refractivity contribution is 5.88. The summed E-state index contributed by atoms with van der Waals surface area (Å²) in [5.74, 6) is -0.146. The molecule has 1 N–H and O–H groups in total. The van der Waals surface area contributed by atoms with Crippen LogP contribution in [0.15, 0.2) is 53.3 Å². The Morgan fingerprint density at radius 2 is 2.00 bits per heavy atom. The molecule has 21 heavy (non-hydrogen) atoms. The second kappa shape index (κ2) is 5.54. The maximum Gasteiger partial charge on any atom is 0.335 e. The predicted molar refractivity (Wildman–Crippen MR) is 73.7 cm³/mol. The Labute approximate surface area is 120 Å². The maximum atomic E-state index is 11.0. The molecule has 0 spiro atoms. The normalized spacial score (nSPS) is 10.5. The summed E-state index contributed by atoms with van der Waals surface area (Å²) < 4.78 is 5.19. The van der Waals surface area contributed by atoms with Crippen molar-refractivity contribution in [1.29, 1.82) is 0 Å². The molecular weight excluding hydrogens is 270 g/mol. The number of aromatic carboxylic acids is 1. The molecule has 0 atom stereocenters. The van der Waals surface area contributed by atoms with Crippen LogP contribution in [0.4, 0.5) is 0 Å². The average molecular weight is 281 g/mol. The van der Waals surface area contributed by atoms with E-state index in [2.05, 4.69) is 15.1 Å². The van der Waals surface area contributed by atoms with E-state index in [0.29, 0.717) is 23.7 Å². The molecule has 0 bridgehead atoms. The van der Waals surface area contributed by atoms with Crippen LogP contribution in [0.3, 0.4) is 0 Å². The van der Waals surface area contributed by atoms with E-state index in [1.165, 1.54) is 12.1 Å². The van der Waals surface area contributed by atoms with E-state index in [1.54, 1.807) is 24.5 Å². The zero-order valence-electron chi connectivity index (χ0n) is 10.9. The summed E-state index contributed by atoms with van der Waals surface area (Å²) in [7, 11) is 0. The van der Waals surface area contributed by atoms with Crippen molar-refractivity contribution in [2.24, 2.45) is 0 Å². The molecule has 1 aromatic carbocycles. The van der Waals surface area contributed by atoms with Crippen LogP contribution in [0.1, 0.15) is 21.7 Å².